The summed E-state index contributed by atoms with van der Waals surface area (Å²) in [5.41, 5.74) is 1.87. The van der Waals surface area contributed by atoms with Crippen LogP contribution in [-0.2, 0) is 11.2 Å². The number of hydrogen-bond acceptors (Lipinski definition) is 2. The molecule has 0 heterocycles. The van der Waals surface area contributed by atoms with Crippen LogP contribution in [0, 0.1) is 11.6 Å². The minimum absolute atomic E-state index is 0.0298. The number of rotatable bonds is 6. The Morgan fingerprint density at radius 3 is 2.44 bits per heavy atom. The van der Waals surface area contributed by atoms with Gasteiger partial charge in [-0.2, -0.15) is 0 Å². The molecule has 4 nitrogen and oxygen atoms in total. The maximum atomic E-state index is 13.2. The van der Waals surface area contributed by atoms with Crippen molar-refractivity contribution in [2.45, 2.75) is 20.3 Å². The molecule has 0 bridgehead atoms. The van der Waals surface area contributed by atoms with Crippen LogP contribution in [0.15, 0.2) is 42.5 Å². The largest absolute Gasteiger partial charge is 0.350 e. The molecule has 0 aliphatic heterocycles. The lowest BCUT2D eigenvalue weighted by molar-refractivity contribution is -0.116. The lowest BCUT2D eigenvalue weighted by Gasteiger charge is -2.24. The van der Waals surface area contributed by atoms with E-state index in [4.69, 9.17) is 0 Å². The van der Waals surface area contributed by atoms with E-state index in [1.54, 1.807) is 4.90 Å². The zero-order chi connectivity index (χ0) is 18.4. The van der Waals surface area contributed by atoms with Crippen LogP contribution in [0.4, 0.5) is 14.5 Å². The zero-order valence-corrected chi connectivity index (χ0v) is 14.2. The molecule has 0 aromatic heterocycles. The molecule has 25 heavy (non-hydrogen) atoms. The van der Waals surface area contributed by atoms with Crippen molar-refractivity contribution in [3.05, 3.63) is 65.2 Å². The second kappa shape index (κ2) is 8.37. The fourth-order valence-electron chi connectivity index (χ4n) is 2.54. The van der Waals surface area contributed by atoms with E-state index in [0.29, 0.717) is 0 Å². The lowest BCUT2D eigenvalue weighted by Crippen LogP contribution is -2.38. The van der Waals surface area contributed by atoms with Crippen LogP contribution < -0.4 is 10.2 Å². The number of carbonyl (C=O) groups excluding carboxylic acids is 2. The average Bonchev–Trinajstić information content (AvgIpc) is 2.60. The summed E-state index contributed by atoms with van der Waals surface area (Å²) in [4.78, 5) is 25.6. The number of carbonyl (C=O) groups is 2. The first kappa shape index (κ1) is 18.6. The van der Waals surface area contributed by atoms with Gasteiger partial charge in [0, 0.05) is 31.3 Å². The fraction of sp³-hybridized carbons (Fsp3) is 0.263. The van der Waals surface area contributed by atoms with E-state index in [2.05, 4.69) is 5.32 Å². The van der Waals surface area contributed by atoms with Crippen LogP contribution in [0.2, 0.25) is 0 Å². The Balaban J connectivity index is 2.03. The fourth-order valence-corrected chi connectivity index (χ4v) is 2.54. The Morgan fingerprint density at radius 1 is 1.08 bits per heavy atom. The molecule has 0 saturated carbocycles. The number of nitrogens with zero attached hydrogens (tertiary/aromatic N) is 1. The second-order valence-electron chi connectivity index (χ2n) is 5.54. The number of hydrogen-bond donors (Lipinski definition) is 1. The van der Waals surface area contributed by atoms with E-state index in [1.165, 1.54) is 13.0 Å². The first-order valence-corrected chi connectivity index (χ1v) is 8.03. The van der Waals surface area contributed by atoms with Gasteiger partial charge in [-0.15, -0.1) is 0 Å². The third-order valence-corrected chi connectivity index (χ3v) is 3.85. The monoisotopic (exact) mass is 346 g/mol. The van der Waals surface area contributed by atoms with Gasteiger partial charge in [0.2, 0.25) is 5.91 Å². The molecular formula is C19H20F2N2O2. The predicted octanol–water partition coefficient (Wildman–Crippen LogP) is 3.31. The topological polar surface area (TPSA) is 49.4 Å². The average molecular weight is 346 g/mol. The molecule has 6 heteroatoms. The number of halogens is 2. The summed E-state index contributed by atoms with van der Waals surface area (Å²) in [6.07, 6.45) is 0.779. The van der Waals surface area contributed by atoms with Crippen LogP contribution >= 0.6 is 0 Å². The molecule has 0 spiro atoms. The number of nitrogens with one attached hydrogen (secondary N) is 1. The Kier molecular flexibility index (Phi) is 6.22. The summed E-state index contributed by atoms with van der Waals surface area (Å²) < 4.78 is 26.1. The first-order chi connectivity index (χ1) is 11.9. The molecule has 2 amide bonds. The Morgan fingerprint density at radius 2 is 1.80 bits per heavy atom. The van der Waals surface area contributed by atoms with Gasteiger partial charge in [0.05, 0.1) is 0 Å². The molecule has 0 aliphatic rings. The van der Waals surface area contributed by atoms with Gasteiger partial charge >= 0.3 is 0 Å². The summed E-state index contributed by atoms with van der Waals surface area (Å²) in [5, 5.41) is 2.62. The quantitative estimate of drug-likeness (QED) is 0.872. The van der Waals surface area contributed by atoms with E-state index in [9.17, 15) is 18.4 Å². The van der Waals surface area contributed by atoms with Crippen LogP contribution in [0.3, 0.4) is 0 Å². The summed E-state index contributed by atoms with van der Waals surface area (Å²) in [6.45, 7) is 3.93. The normalized spacial score (nSPS) is 10.4. The van der Waals surface area contributed by atoms with Gasteiger partial charge in [0.25, 0.3) is 5.91 Å². The van der Waals surface area contributed by atoms with Crippen molar-refractivity contribution in [1.82, 2.24) is 5.32 Å². The third kappa shape index (κ3) is 4.62. The highest BCUT2D eigenvalue weighted by Crippen LogP contribution is 2.20. The molecule has 1 N–H and O–H groups in total. The van der Waals surface area contributed by atoms with Gasteiger partial charge < -0.3 is 10.2 Å². The van der Waals surface area contributed by atoms with Crippen LogP contribution in [0.5, 0.6) is 0 Å². The van der Waals surface area contributed by atoms with Crippen LogP contribution in [-0.4, -0.2) is 24.9 Å². The Hall–Kier alpha value is -2.76. The molecule has 0 atom stereocenters. The number of amides is 2. The molecule has 0 fully saturated rings. The summed E-state index contributed by atoms with van der Waals surface area (Å²) in [7, 11) is 0. The maximum Gasteiger partial charge on any atom is 0.251 e. The van der Waals surface area contributed by atoms with Crippen LogP contribution in [0.25, 0.3) is 0 Å². The van der Waals surface area contributed by atoms with Crippen molar-refractivity contribution in [3.63, 3.8) is 0 Å². The number of aryl methyl sites for hydroxylation is 1. The van der Waals surface area contributed by atoms with Crippen molar-refractivity contribution in [2.75, 3.05) is 18.0 Å². The minimum Gasteiger partial charge on any atom is -0.350 e. The highest BCUT2D eigenvalue weighted by Gasteiger charge is 2.15. The molecular weight excluding hydrogens is 326 g/mol. The van der Waals surface area contributed by atoms with E-state index in [-0.39, 0.29) is 24.6 Å². The van der Waals surface area contributed by atoms with E-state index in [1.807, 2.05) is 31.2 Å². The van der Waals surface area contributed by atoms with Crippen molar-refractivity contribution < 1.29 is 18.4 Å². The highest BCUT2D eigenvalue weighted by atomic mass is 19.2. The standard InChI is InChI=1S/C19H20F2N2O2/c1-3-14-6-4-5-7-18(14)23(13(2)24)11-10-22-19(25)15-8-9-16(20)17(21)12-15/h4-9,12H,3,10-11H2,1-2H3,(H,22,25). The van der Waals surface area contributed by atoms with Crippen molar-refractivity contribution in [2.24, 2.45) is 0 Å². The van der Waals surface area contributed by atoms with Gasteiger partial charge in [-0.25, -0.2) is 8.78 Å². The molecule has 0 radical (unpaired) electrons. The van der Waals surface area contributed by atoms with Gasteiger partial charge in [-0.3, -0.25) is 9.59 Å². The Bertz CT molecular complexity index is 778. The number of para-hydroxylation sites is 1. The predicted molar refractivity (Wildman–Crippen MR) is 92.5 cm³/mol. The lowest BCUT2D eigenvalue weighted by atomic mass is 10.1. The summed E-state index contributed by atoms with van der Waals surface area (Å²) >= 11 is 0. The third-order valence-electron chi connectivity index (χ3n) is 3.85. The molecule has 0 unspecified atom stereocenters. The molecule has 0 saturated heterocycles. The van der Waals surface area contributed by atoms with Gasteiger partial charge in [-0.05, 0) is 36.2 Å². The van der Waals surface area contributed by atoms with Crippen molar-refractivity contribution in [3.8, 4) is 0 Å². The summed E-state index contributed by atoms with van der Waals surface area (Å²) in [5.74, 6) is -2.74. The molecule has 132 valence electrons. The summed E-state index contributed by atoms with van der Waals surface area (Å²) in [6, 6.07) is 10.5. The van der Waals surface area contributed by atoms with E-state index in [0.717, 1.165) is 29.8 Å². The molecule has 0 aliphatic carbocycles. The van der Waals surface area contributed by atoms with Gasteiger partial charge in [0.15, 0.2) is 11.6 Å². The minimum atomic E-state index is -1.07. The first-order valence-electron chi connectivity index (χ1n) is 8.03. The van der Waals surface area contributed by atoms with E-state index >= 15 is 0 Å². The smallest absolute Gasteiger partial charge is 0.251 e. The molecule has 2 aromatic carbocycles. The zero-order valence-electron chi connectivity index (χ0n) is 14.2. The highest BCUT2D eigenvalue weighted by molar-refractivity contribution is 5.95. The maximum absolute atomic E-state index is 13.2. The van der Waals surface area contributed by atoms with Crippen LogP contribution in [0.1, 0.15) is 29.8 Å². The van der Waals surface area contributed by atoms with Crippen molar-refractivity contribution in [1.29, 1.82) is 0 Å². The second-order valence-corrected chi connectivity index (χ2v) is 5.54. The van der Waals surface area contributed by atoms with Crippen molar-refractivity contribution >= 4 is 17.5 Å². The number of benzene rings is 2. The van der Waals surface area contributed by atoms with E-state index < -0.39 is 17.5 Å². The SMILES string of the molecule is CCc1ccccc1N(CCNC(=O)c1ccc(F)c(F)c1)C(C)=O. The molecule has 2 aromatic rings. The Labute approximate surface area is 145 Å². The van der Waals surface area contributed by atoms with Gasteiger partial charge in [0.1, 0.15) is 0 Å². The van der Waals surface area contributed by atoms with Gasteiger partial charge in [-0.1, -0.05) is 25.1 Å². The number of anilines is 1. The molecule has 2 rings (SSSR count).